The predicted octanol–water partition coefficient (Wildman–Crippen LogP) is 11.0. The minimum Gasteiger partial charge on any atom is -0.383 e. The number of allylic oxidation sites excluding steroid dienone is 5. The van der Waals surface area contributed by atoms with E-state index < -0.39 is 0 Å². The number of benzene rings is 4. The third-order valence-corrected chi connectivity index (χ3v) is 9.97. The third kappa shape index (κ3) is 8.16. The average Bonchev–Trinajstić information content (AvgIpc) is 3.18. The topological polar surface area (TPSA) is 88.5 Å². The minimum atomic E-state index is -0.0999. The highest BCUT2D eigenvalue weighted by Crippen LogP contribution is 2.35. The van der Waals surface area contributed by atoms with E-state index in [9.17, 15) is 0 Å². The molecule has 0 saturated heterocycles. The van der Waals surface area contributed by atoms with E-state index in [0.29, 0.717) is 11.7 Å². The molecule has 7 heteroatoms. The molecular weight excluding hydrogens is 657 g/mol. The fourth-order valence-corrected chi connectivity index (χ4v) is 7.20. The van der Waals surface area contributed by atoms with Gasteiger partial charge in [0, 0.05) is 33.8 Å². The molecule has 7 rings (SSSR count). The number of amidine groups is 1. The number of hydrogen-bond acceptors (Lipinski definition) is 6. The molecule has 1 atom stereocenters. The molecule has 260 valence electrons. The second-order valence-corrected chi connectivity index (χ2v) is 14.1. The molecule has 2 aliphatic rings. The summed E-state index contributed by atoms with van der Waals surface area (Å²) in [5.74, 6) is 1.21. The van der Waals surface area contributed by atoms with E-state index in [0.717, 1.165) is 85.8 Å². The van der Waals surface area contributed by atoms with Gasteiger partial charge in [0.15, 0.2) is 5.82 Å². The van der Waals surface area contributed by atoms with Gasteiger partial charge in [-0.1, -0.05) is 84.9 Å². The lowest BCUT2D eigenvalue weighted by Gasteiger charge is -2.21. The molecule has 0 saturated carbocycles. The van der Waals surface area contributed by atoms with Gasteiger partial charge in [0.05, 0.1) is 11.4 Å². The average molecular weight is 701 g/mol. The predicted molar refractivity (Wildman–Crippen MR) is 221 cm³/mol. The van der Waals surface area contributed by atoms with Gasteiger partial charge in [-0.3, -0.25) is 4.99 Å². The van der Waals surface area contributed by atoms with Crippen LogP contribution in [0, 0.1) is 0 Å². The lowest BCUT2D eigenvalue weighted by atomic mass is 9.94. The molecule has 1 aliphatic carbocycles. The van der Waals surface area contributed by atoms with Crippen LogP contribution in [0.15, 0.2) is 142 Å². The first-order valence-electron chi connectivity index (χ1n) is 17.9. The number of nitrogens with two attached hydrogens (primary N) is 1. The Bertz CT molecular complexity index is 2230. The molecule has 0 bridgehead atoms. The van der Waals surface area contributed by atoms with Gasteiger partial charge in [-0.05, 0) is 122 Å². The molecule has 6 nitrogen and oxygen atoms in total. The Balaban J connectivity index is 1.34. The zero-order valence-electron chi connectivity index (χ0n) is 30.2. The molecule has 3 N–H and O–H groups in total. The molecular formula is C45H44N6S. The number of aromatic nitrogens is 2. The van der Waals surface area contributed by atoms with Crippen molar-refractivity contribution in [3.05, 3.63) is 149 Å². The zero-order valence-corrected chi connectivity index (χ0v) is 31.0. The minimum absolute atomic E-state index is 0.0999. The summed E-state index contributed by atoms with van der Waals surface area (Å²) in [5, 5.41) is 5.48. The summed E-state index contributed by atoms with van der Waals surface area (Å²) in [6, 6.07) is 36.2. The Morgan fingerprint density at radius 1 is 0.788 bits per heavy atom. The highest BCUT2D eigenvalue weighted by Gasteiger charge is 2.17. The molecule has 5 aromatic rings. The van der Waals surface area contributed by atoms with Gasteiger partial charge in [-0.25, -0.2) is 15.0 Å². The maximum atomic E-state index is 6.40. The lowest BCUT2D eigenvalue weighted by molar-refractivity contribution is 0.619. The Morgan fingerprint density at radius 3 is 2.12 bits per heavy atom. The van der Waals surface area contributed by atoms with E-state index in [2.05, 4.69) is 114 Å². The van der Waals surface area contributed by atoms with E-state index >= 15 is 0 Å². The Hall–Kier alpha value is -5.53. The van der Waals surface area contributed by atoms with Gasteiger partial charge in [0.1, 0.15) is 12.0 Å². The van der Waals surface area contributed by atoms with Crippen LogP contribution >= 0.6 is 11.8 Å². The highest BCUT2D eigenvalue weighted by molar-refractivity contribution is 8.01. The SMILES string of the molecule is CS/C=C(/C)N=C(N)c1ccc(-c2cc(-c3ccc(C4N=C(C)C=C(C)N4)cc3)cc(-c3nc(C4=CCCCC4)cc(-c4ccccc4)n3)c2)cc1. The van der Waals surface area contributed by atoms with Crippen LogP contribution in [0.2, 0.25) is 0 Å². The Morgan fingerprint density at radius 2 is 1.46 bits per heavy atom. The molecule has 4 aromatic carbocycles. The summed E-state index contributed by atoms with van der Waals surface area (Å²) < 4.78 is 0. The van der Waals surface area contributed by atoms with Crippen LogP contribution in [0.5, 0.6) is 0 Å². The van der Waals surface area contributed by atoms with Gasteiger partial charge in [0.25, 0.3) is 0 Å². The summed E-state index contributed by atoms with van der Waals surface area (Å²) in [6.07, 6.45) is 10.9. The van der Waals surface area contributed by atoms with Crippen molar-refractivity contribution in [3.8, 4) is 44.9 Å². The third-order valence-electron chi connectivity index (χ3n) is 9.39. The summed E-state index contributed by atoms with van der Waals surface area (Å²) in [6.45, 7) is 6.08. The number of rotatable bonds is 9. The first kappa shape index (κ1) is 34.9. The molecule has 0 fully saturated rings. The molecule has 1 aliphatic heterocycles. The van der Waals surface area contributed by atoms with Crippen LogP contribution in [0.3, 0.4) is 0 Å². The largest absolute Gasteiger partial charge is 0.383 e. The number of nitrogens with zero attached hydrogens (tertiary/aromatic N) is 4. The van der Waals surface area contributed by atoms with Gasteiger partial charge in [-0.2, -0.15) is 0 Å². The quantitative estimate of drug-likeness (QED) is 0.118. The van der Waals surface area contributed by atoms with E-state index in [1.165, 1.54) is 18.4 Å². The van der Waals surface area contributed by atoms with Crippen molar-refractivity contribution in [2.45, 2.75) is 52.6 Å². The van der Waals surface area contributed by atoms with E-state index in [-0.39, 0.29) is 6.17 Å². The van der Waals surface area contributed by atoms with E-state index in [1.807, 2.05) is 43.7 Å². The van der Waals surface area contributed by atoms with Crippen molar-refractivity contribution in [2.75, 3.05) is 6.26 Å². The van der Waals surface area contributed by atoms with Crippen LogP contribution in [0.4, 0.5) is 0 Å². The van der Waals surface area contributed by atoms with Crippen LogP contribution < -0.4 is 11.1 Å². The van der Waals surface area contributed by atoms with Crippen LogP contribution in [0.1, 0.15) is 69.4 Å². The van der Waals surface area contributed by atoms with Gasteiger partial charge < -0.3 is 11.1 Å². The molecule has 52 heavy (non-hydrogen) atoms. The van der Waals surface area contributed by atoms with Crippen molar-refractivity contribution < 1.29 is 0 Å². The first-order valence-corrected chi connectivity index (χ1v) is 19.2. The lowest BCUT2D eigenvalue weighted by Crippen LogP contribution is -2.22. The monoisotopic (exact) mass is 700 g/mol. The van der Waals surface area contributed by atoms with Crippen LogP contribution in [0.25, 0.3) is 50.5 Å². The normalized spacial score (nSPS) is 16.5. The fourth-order valence-electron chi connectivity index (χ4n) is 6.80. The molecule has 1 unspecified atom stereocenters. The molecule has 0 amide bonds. The Labute approximate surface area is 311 Å². The van der Waals surface area contributed by atoms with Gasteiger partial charge in [-0.15, -0.1) is 11.8 Å². The second-order valence-electron chi connectivity index (χ2n) is 13.4. The first-order chi connectivity index (χ1) is 25.3. The Kier molecular flexibility index (Phi) is 10.6. The molecule has 0 spiro atoms. The fraction of sp³-hybridized carbons (Fsp3) is 0.200. The second kappa shape index (κ2) is 15.8. The molecule has 1 aromatic heterocycles. The smallest absolute Gasteiger partial charge is 0.160 e. The van der Waals surface area contributed by atoms with E-state index in [1.54, 1.807) is 11.8 Å². The molecule has 2 heterocycles. The van der Waals surface area contributed by atoms with Crippen molar-refractivity contribution in [1.29, 1.82) is 0 Å². The summed E-state index contributed by atoms with van der Waals surface area (Å²) in [7, 11) is 0. The van der Waals surface area contributed by atoms with Gasteiger partial charge >= 0.3 is 0 Å². The number of nitrogens with one attached hydrogen (secondary N) is 1. The number of hydrogen-bond donors (Lipinski definition) is 2. The molecule has 0 radical (unpaired) electrons. The van der Waals surface area contributed by atoms with Crippen molar-refractivity contribution in [3.63, 3.8) is 0 Å². The summed E-state index contributed by atoms with van der Waals surface area (Å²) in [5.41, 5.74) is 21.0. The number of thioether (sulfide) groups is 1. The highest BCUT2D eigenvalue weighted by atomic mass is 32.2. The van der Waals surface area contributed by atoms with Crippen molar-refractivity contribution in [2.24, 2.45) is 15.7 Å². The van der Waals surface area contributed by atoms with E-state index in [4.69, 9.17) is 20.7 Å². The standard InChI is InChI=1S/C45H44N6S/c1-29-23-30(2)49-44(48-29)37-21-17-33(18-22-37)39-24-38(32-15-19-36(20-16-32)43(46)47-31(3)28-52-4)25-40(26-39)45-50-41(34-11-7-5-8-12-34)27-42(51-45)35-13-9-6-10-14-35/h5,7-8,11-13,15-28,44,48H,6,9-10,14H2,1-4H3,(H2,46,47)/b31-28-. The van der Waals surface area contributed by atoms with Crippen molar-refractivity contribution >= 4 is 28.9 Å². The van der Waals surface area contributed by atoms with Crippen LogP contribution in [-0.4, -0.2) is 27.8 Å². The summed E-state index contributed by atoms with van der Waals surface area (Å²) >= 11 is 1.61. The number of aliphatic imine (C=N–C) groups is 2. The zero-order chi connectivity index (χ0) is 36.0. The van der Waals surface area contributed by atoms with Crippen molar-refractivity contribution in [1.82, 2.24) is 15.3 Å². The van der Waals surface area contributed by atoms with Gasteiger partial charge in [0.2, 0.25) is 0 Å². The maximum absolute atomic E-state index is 6.40. The maximum Gasteiger partial charge on any atom is 0.160 e. The summed E-state index contributed by atoms with van der Waals surface area (Å²) in [4.78, 5) is 19.8. The van der Waals surface area contributed by atoms with Crippen LogP contribution in [-0.2, 0) is 0 Å².